The van der Waals surface area contributed by atoms with Crippen molar-refractivity contribution in [3.63, 3.8) is 0 Å². The maximum absolute atomic E-state index is 12.0. The fourth-order valence-corrected chi connectivity index (χ4v) is 3.13. The Morgan fingerprint density at radius 2 is 2.00 bits per heavy atom. The first-order valence-corrected chi connectivity index (χ1v) is 7.12. The highest BCUT2D eigenvalue weighted by atomic mass is 35.5. The maximum Gasteiger partial charge on any atom is 0.258 e. The Bertz CT molecular complexity index is 582. The van der Waals surface area contributed by atoms with E-state index in [0.717, 1.165) is 16.9 Å². The van der Waals surface area contributed by atoms with Crippen molar-refractivity contribution in [1.29, 1.82) is 0 Å². The smallest absolute Gasteiger partial charge is 0.258 e. The third-order valence-electron chi connectivity index (χ3n) is 2.31. The van der Waals surface area contributed by atoms with Gasteiger partial charge in [-0.1, -0.05) is 41.4 Å². The van der Waals surface area contributed by atoms with Gasteiger partial charge in [-0.05, 0) is 17.7 Å². The molecule has 0 aliphatic rings. The fourth-order valence-electron chi connectivity index (χ4n) is 1.44. The third kappa shape index (κ3) is 2.98. The van der Waals surface area contributed by atoms with Crippen LogP contribution in [0.4, 0.5) is 5.69 Å². The minimum Gasteiger partial charge on any atom is -0.322 e. The van der Waals surface area contributed by atoms with Crippen molar-refractivity contribution in [2.45, 2.75) is 5.88 Å². The summed E-state index contributed by atoms with van der Waals surface area (Å²) in [5, 5.41) is 2.77. The highest BCUT2D eigenvalue weighted by Crippen LogP contribution is 2.31. The largest absolute Gasteiger partial charge is 0.322 e. The van der Waals surface area contributed by atoms with Crippen molar-refractivity contribution in [2.75, 3.05) is 5.32 Å². The first-order chi connectivity index (χ1) is 8.61. The van der Waals surface area contributed by atoms with Crippen LogP contribution in [0.1, 0.15) is 15.9 Å². The molecule has 18 heavy (non-hydrogen) atoms. The van der Waals surface area contributed by atoms with E-state index in [2.05, 4.69) is 5.32 Å². The molecule has 2 aromatic rings. The average molecular weight is 321 g/mol. The number of alkyl halides is 1. The van der Waals surface area contributed by atoms with E-state index in [4.69, 9.17) is 34.8 Å². The van der Waals surface area contributed by atoms with Crippen molar-refractivity contribution in [2.24, 2.45) is 0 Å². The number of amides is 1. The Morgan fingerprint density at radius 1 is 1.28 bits per heavy atom. The number of carbonyl (C=O) groups excluding carboxylic acids is 1. The lowest BCUT2D eigenvalue weighted by molar-refractivity contribution is 0.102. The molecule has 0 aliphatic carbocycles. The minimum atomic E-state index is -0.291. The SMILES string of the molecule is O=C(Nc1ccccc1CCl)c1cc(Cl)sc1Cl. The molecular weight excluding hydrogens is 313 g/mol. The molecule has 0 saturated heterocycles. The molecule has 2 rings (SSSR count). The molecule has 0 saturated carbocycles. The van der Waals surface area contributed by atoms with Gasteiger partial charge in [0.15, 0.2) is 0 Å². The number of nitrogens with one attached hydrogen (secondary N) is 1. The molecule has 94 valence electrons. The molecule has 1 aromatic heterocycles. The summed E-state index contributed by atoms with van der Waals surface area (Å²) in [5.74, 6) is 0.0370. The Morgan fingerprint density at radius 3 is 2.61 bits per heavy atom. The van der Waals surface area contributed by atoms with Crippen LogP contribution in [0, 0.1) is 0 Å². The summed E-state index contributed by atoms with van der Waals surface area (Å²) in [6.45, 7) is 0. The van der Waals surface area contributed by atoms with Gasteiger partial charge in [0.1, 0.15) is 4.34 Å². The molecule has 1 heterocycles. The van der Waals surface area contributed by atoms with Gasteiger partial charge in [0.25, 0.3) is 5.91 Å². The van der Waals surface area contributed by atoms with E-state index in [9.17, 15) is 4.79 Å². The molecule has 0 bridgehead atoms. The van der Waals surface area contributed by atoms with Crippen molar-refractivity contribution >= 4 is 57.7 Å². The number of halogens is 3. The first kappa shape index (κ1) is 13.7. The molecule has 0 atom stereocenters. The molecule has 0 unspecified atom stereocenters. The van der Waals surface area contributed by atoms with Crippen LogP contribution in [0.25, 0.3) is 0 Å². The van der Waals surface area contributed by atoms with E-state index in [-0.39, 0.29) is 5.91 Å². The molecule has 1 N–H and O–H groups in total. The van der Waals surface area contributed by atoms with E-state index in [1.165, 1.54) is 0 Å². The molecule has 6 heteroatoms. The lowest BCUT2D eigenvalue weighted by Crippen LogP contribution is -2.12. The molecule has 2 nitrogen and oxygen atoms in total. The van der Waals surface area contributed by atoms with E-state index in [1.807, 2.05) is 18.2 Å². The fraction of sp³-hybridized carbons (Fsp3) is 0.0833. The number of anilines is 1. The zero-order chi connectivity index (χ0) is 13.1. The first-order valence-electron chi connectivity index (χ1n) is 5.02. The van der Waals surface area contributed by atoms with Gasteiger partial charge < -0.3 is 5.32 Å². The van der Waals surface area contributed by atoms with Gasteiger partial charge in [0.05, 0.1) is 9.90 Å². The predicted molar refractivity (Wildman–Crippen MR) is 78.3 cm³/mol. The summed E-state index contributed by atoms with van der Waals surface area (Å²) in [7, 11) is 0. The molecule has 0 radical (unpaired) electrons. The lowest BCUT2D eigenvalue weighted by atomic mass is 10.2. The normalized spacial score (nSPS) is 10.4. The zero-order valence-corrected chi connectivity index (χ0v) is 12.1. The molecule has 1 aromatic carbocycles. The predicted octanol–water partition coefficient (Wildman–Crippen LogP) is 5.05. The van der Waals surface area contributed by atoms with Gasteiger partial charge in [0.2, 0.25) is 0 Å². The second-order valence-electron chi connectivity index (χ2n) is 3.48. The summed E-state index contributed by atoms with van der Waals surface area (Å²) >= 11 is 18.7. The van der Waals surface area contributed by atoms with Gasteiger partial charge in [-0.15, -0.1) is 22.9 Å². The standard InChI is InChI=1S/C12H8Cl3NOS/c13-6-7-3-1-2-4-9(7)16-12(17)8-5-10(14)18-11(8)15/h1-5H,6H2,(H,16,17). The summed E-state index contributed by atoms with van der Waals surface area (Å²) in [6, 6.07) is 8.88. The monoisotopic (exact) mass is 319 g/mol. The second kappa shape index (κ2) is 5.93. The van der Waals surface area contributed by atoms with Gasteiger partial charge in [-0.25, -0.2) is 0 Å². The van der Waals surface area contributed by atoms with E-state index < -0.39 is 0 Å². The minimum absolute atomic E-state index is 0.291. The van der Waals surface area contributed by atoms with Crippen molar-refractivity contribution in [3.8, 4) is 0 Å². The Balaban J connectivity index is 2.24. The number of rotatable bonds is 3. The van der Waals surface area contributed by atoms with E-state index >= 15 is 0 Å². The molecular formula is C12H8Cl3NOS. The number of benzene rings is 1. The molecule has 1 amide bonds. The van der Waals surface area contributed by atoms with Crippen LogP contribution in [-0.4, -0.2) is 5.91 Å². The summed E-state index contributed by atoms with van der Waals surface area (Å²) < 4.78 is 0.858. The van der Waals surface area contributed by atoms with Crippen LogP contribution in [0.3, 0.4) is 0 Å². The summed E-state index contributed by atoms with van der Waals surface area (Å²) in [6.07, 6.45) is 0. The average Bonchev–Trinajstić information content (AvgIpc) is 2.69. The maximum atomic E-state index is 12.0. The quantitative estimate of drug-likeness (QED) is 0.788. The highest BCUT2D eigenvalue weighted by molar-refractivity contribution is 7.20. The van der Waals surface area contributed by atoms with Crippen LogP contribution in [0.5, 0.6) is 0 Å². The number of hydrogen-bond donors (Lipinski definition) is 1. The highest BCUT2D eigenvalue weighted by Gasteiger charge is 2.15. The number of carbonyl (C=O) groups is 1. The van der Waals surface area contributed by atoms with Gasteiger partial charge in [0, 0.05) is 11.6 Å². The van der Waals surface area contributed by atoms with Crippen molar-refractivity contribution in [3.05, 3.63) is 50.1 Å². The summed E-state index contributed by atoms with van der Waals surface area (Å²) in [5.41, 5.74) is 1.90. The lowest BCUT2D eigenvalue weighted by Gasteiger charge is -2.08. The number of para-hydroxylation sites is 1. The Labute approximate surface area is 123 Å². The van der Waals surface area contributed by atoms with Crippen LogP contribution in [0.15, 0.2) is 30.3 Å². The van der Waals surface area contributed by atoms with Crippen LogP contribution in [-0.2, 0) is 5.88 Å². The van der Waals surface area contributed by atoms with E-state index in [1.54, 1.807) is 12.1 Å². The Kier molecular flexibility index (Phi) is 4.51. The summed E-state index contributed by atoms with van der Waals surface area (Å²) in [4.78, 5) is 12.0. The Hall–Kier alpha value is -0.740. The second-order valence-corrected chi connectivity index (χ2v) is 6.04. The van der Waals surface area contributed by atoms with Gasteiger partial charge in [-0.3, -0.25) is 4.79 Å². The van der Waals surface area contributed by atoms with E-state index in [0.29, 0.717) is 25.8 Å². The van der Waals surface area contributed by atoms with Crippen LogP contribution in [0.2, 0.25) is 8.67 Å². The zero-order valence-electron chi connectivity index (χ0n) is 9.04. The number of hydrogen-bond acceptors (Lipinski definition) is 2. The van der Waals surface area contributed by atoms with Gasteiger partial charge >= 0.3 is 0 Å². The van der Waals surface area contributed by atoms with Crippen LogP contribution >= 0.6 is 46.1 Å². The van der Waals surface area contributed by atoms with Crippen molar-refractivity contribution < 1.29 is 4.79 Å². The molecule has 0 fully saturated rings. The van der Waals surface area contributed by atoms with Crippen molar-refractivity contribution in [1.82, 2.24) is 0 Å². The number of thiophene rings is 1. The molecule has 0 aliphatic heterocycles. The topological polar surface area (TPSA) is 29.1 Å². The van der Waals surface area contributed by atoms with Crippen LogP contribution < -0.4 is 5.32 Å². The van der Waals surface area contributed by atoms with Gasteiger partial charge in [-0.2, -0.15) is 0 Å². The molecule has 0 spiro atoms. The third-order valence-corrected chi connectivity index (χ3v) is 4.09.